The molecule has 0 unspecified atom stereocenters. The van der Waals surface area contributed by atoms with Crippen molar-refractivity contribution in [2.75, 3.05) is 0 Å². The van der Waals surface area contributed by atoms with Crippen LogP contribution in [-0.2, 0) is 20.3 Å². The molecule has 0 bridgehead atoms. The lowest BCUT2D eigenvalue weighted by atomic mass is 9.73. The minimum atomic E-state index is -0.723. The summed E-state index contributed by atoms with van der Waals surface area (Å²) in [6, 6.07) is 23.6. The molecule has 0 aliphatic rings. The second-order valence-electron chi connectivity index (χ2n) is 13.0. The number of ether oxygens (including phenoxy) is 4. The Bertz CT molecular complexity index is 1220. The van der Waals surface area contributed by atoms with Crippen molar-refractivity contribution in [3.05, 3.63) is 95.1 Å². The van der Waals surface area contributed by atoms with Gasteiger partial charge in [0.1, 0.15) is 22.7 Å². The van der Waals surface area contributed by atoms with E-state index < -0.39 is 23.5 Å². The number of rotatable bonds is 6. The summed E-state index contributed by atoms with van der Waals surface area (Å²) in [5, 5.41) is 0. The summed E-state index contributed by atoms with van der Waals surface area (Å²) in [5.74, 6) is 0.866. The van der Waals surface area contributed by atoms with Crippen molar-refractivity contribution in [1.29, 1.82) is 0 Å². The topological polar surface area (TPSA) is 71.1 Å². The minimum Gasteiger partial charge on any atom is -0.428 e. The molecule has 3 aromatic carbocycles. The van der Waals surface area contributed by atoms with Gasteiger partial charge in [-0.05, 0) is 88.1 Å². The van der Waals surface area contributed by atoms with Crippen LogP contribution < -0.4 is 9.47 Å². The van der Waals surface area contributed by atoms with Crippen molar-refractivity contribution < 1.29 is 28.5 Å². The average Bonchev–Trinajstić information content (AvgIpc) is 2.82. The van der Waals surface area contributed by atoms with Gasteiger partial charge < -0.3 is 18.9 Å². The Morgan fingerprint density at radius 2 is 0.800 bits per heavy atom. The van der Waals surface area contributed by atoms with E-state index in [0.717, 1.165) is 22.3 Å². The van der Waals surface area contributed by atoms with Crippen LogP contribution >= 0.6 is 0 Å². The molecule has 6 nitrogen and oxygen atoms in total. The summed E-state index contributed by atoms with van der Waals surface area (Å²) in [6.07, 6.45) is -1.45. The molecule has 0 heterocycles. The Hall–Kier alpha value is -3.80. The second-order valence-corrected chi connectivity index (χ2v) is 13.0. The van der Waals surface area contributed by atoms with Crippen LogP contribution in [0.5, 0.6) is 11.5 Å². The number of hydrogen-bond acceptors (Lipinski definition) is 6. The zero-order valence-electron chi connectivity index (χ0n) is 25.4. The Balaban J connectivity index is 1.78. The average molecular weight is 547 g/mol. The van der Waals surface area contributed by atoms with Crippen molar-refractivity contribution in [2.24, 2.45) is 0 Å². The standard InChI is InChI=1S/C34H42O6/c1-31(2,3)39-29(35)37-27-18-14-23(15-19-27)33(7,8)25-12-11-13-26(22-25)34(9,10)24-16-20-28(21-17-24)38-30(36)40-32(4,5)6/h11-22H,1-10H3. The molecule has 0 aliphatic heterocycles. The van der Waals surface area contributed by atoms with E-state index >= 15 is 0 Å². The number of carbonyl (C=O) groups is 2. The fourth-order valence-corrected chi connectivity index (χ4v) is 4.24. The van der Waals surface area contributed by atoms with Crippen LogP contribution in [-0.4, -0.2) is 23.5 Å². The molecule has 0 atom stereocenters. The number of hydrogen-bond donors (Lipinski definition) is 0. The maximum atomic E-state index is 12.0. The fraction of sp³-hybridized carbons (Fsp3) is 0.412. The molecular formula is C34H42O6. The van der Waals surface area contributed by atoms with Gasteiger partial charge in [-0.25, -0.2) is 9.59 Å². The van der Waals surface area contributed by atoms with Gasteiger partial charge in [0.15, 0.2) is 0 Å². The van der Waals surface area contributed by atoms with E-state index in [-0.39, 0.29) is 10.8 Å². The van der Waals surface area contributed by atoms with E-state index in [2.05, 4.69) is 52.0 Å². The zero-order chi connectivity index (χ0) is 29.9. The van der Waals surface area contributed by atoms with Gasteiger partial charge in [0, 0.05) is 10.8 Å². The van der Waals surface area contributed by atoms with E-state index in [1.54, 1.807) is 65.8 Å². The van der Waals surface area contributed by atoms with Crippen molar-refractivity contribution in [1.82, 2.24) is 0 Å². The highest BCUT2D eigenvalue weighted by Crippen LogP contribution is 2.37. The minimum absolute atomic E-state index is 0.304. The molecule has 0 saturated carbocycles. The zero-order valence-corrected chi connectivity index (χ0v) is 25.4. The molecule has 40 heavy (non-hydrogen) atoms. The van der Waals surface area contributed by atoms with Crippen LogP contribution in [0.2, 0.25) is 0 Å². The van der Waals surface area contributed by atoms with Crippen LogP contribution in [0.4, 0.5) is 9.59 Å². The molecule has 0 spiro atoms. The van der Waals surface area contributed by atoms with Gasteiger partial charge in [0.2, 0.25) is 0 Å². The third-order valence-corrected chi connectivity index (χ3v) is 6.64. The Morgan fingerprint density at radius 1 is 0.475 bits per heavy atom. The predicted octanol–water partition coefficient (Wildman–Crippen LogP) is 8.97. The molecular weight excluding hydrogens is 504 g/mol. The number of benzene rings is 3. The van der Waals surface area contributed by atoms with Crippen LogP contribution in [0.25, 0.3) is 0 Å². The monoisotopic (exact) mass is 546 g/mol. The van der Waals surface area contributed by atoms with Gasteiger partial charge in [-0.1, -0.05) is 76.2 Å². The Labute approximate surface area is 238 Å². The highest BCUT2D eigenvalue weighted by atomic mass is 16.7. The fourth-order valence-electron chi connectivity index (χ4n) is 4.24. The van der Waals surface area contributed by atoms with Gasteiger partial charge in [0.25, 0.3) is 0 Å². The molecule has 0 fully saturated rings. The Kier molecular flexibility index (Phi) is 8.73. The maximum absolute atomic E-state index is 12.0. The molecule has 0 radical (unpaired) electrons. The first-order chi connectivity index (χ1) is 18.4. The van der Waals surface area contributed by atoms with E-state index in [1.807, 2.05) is 24.3 Å². The summed E-state index contributed by atoms with van der Waals surface area (Å²) in [7, 11) is 0. The normalized spacial score (nSPS) is 12.4. The van der Waals surface area contributed by atoms with Crippen molar-refractivity contribution in [2.45, 2.75) is 91.3 Å². The predicted molar refractivity (Wildman–Crippen MR) is 157 cm³/mol. The smallest absolute Gasteiger partial charge is 0.428 e. The molecule has 0 aromatic heterocycles. The second kappa shape index (κ2) is 11.4. The molecule has 214 valence electrons. The van der Waals surface area contributed by atoms with Crippen LogP contribution in [0.3, 0.4) is 0 Å². The third-order valence-electron chi connectivity index (χ3n) is 6.64. The lowest BCUT2D eigenvalue weighted by molar-refractivity contribution is 0.0193. The third kappa shape index (κ3) is 8.10. The molecule has 0 N–H and O–H groups in total. The van der Waals surface area contributed by atoms with Gasteiger partial charge in [-0.3, -0.25) is 0 Å². The highest BCUT2D eigenvalue weighted by Gasteiger charge is 2.28. The highest BCUT2D eigenvalue weighted by molar-refractivity contribution is 5.65. The lowest BCUT2D eigenvalue weighted by Gasteiger charge is -2.31. The van der Waals surface area contributed by atoms with Crippen molar-refractivity contribution in [3.8, 4) is 11.5 Å². The van der Waals surface area contributed by atoms with Gasteiger partial charge in [-0.15, -0.1) is 0 Å². The summed E-state index contributed by atoms with van der Waals surface area (Å²) < 4.78 is 21.1. The van der Waals surface area contributed by atoms with Crippen LogP contribution in [0.1, 0.15) is 91.5 Å². The van der Waals surface area contributed by atoms with Crippen molar-refractivity contribution in [3.63, 3.8) is 0 Å². The molecule has 0 aliphatic carbocycles. The summed E-state index contributed by atoms with van der Waals surface area (Å²) in [6.45, 7) is 19.5. The lowest BCUT2D eigenvalue weighted by Crippen LogP contribution is -2.26. The molecule has 0 amide bonds. The first kappa shape index (κ1) is 30.7. The number of carbonyl (C=O) groups excluding carboxylic acids is 2. The van der Waals surface area contributed by atoms with E-state index in [9.17, 15) is 9.59 Å². The molecule has 0 saturated heterocycles. The molecule has 6 heteroatoms. The first-order valence-corrected chi connectivity index (χ1v) is 13.5. The van der Waals surface area contributed by atoms with Crippen LogP contribution in [0.15, 0.2) is 72.8 Å². The van der Waals surface area contributed by atoms with E-state index in [4.69, 9.17) is 18.9 Å². The van der Waals surface area contributed by atoms with E-state index in [1.165, 1.54) is 0 Å². The summed E-state index contributed by atoms with van der Waals surface area (Å²) in [4.78, 5) is 24.0. The Morgan fingerprint density at radius 3 is 1.10 bits per heavy atom. The van der Waals surface area contributed by atoms with Gasteiger partial charge in [-0.2, -0.15) is 0 Å². The largest absolute Gasteiger partial charge is 0.514 e. The summed E-state index contributed by atoms with van der Waals surface area (Å²) >= 11 is 0. The quantitative estimate of drug-likeness (QED) is 0.227. The van der Waals surface area contributed by atoms with Crippen molar-refractivity contribution >= 4 is 12.3 Å². The molecule has 3 aromatic rings. The van der Waals surface area contributed by atoms with Crippen LogP contribution in [0, 0.1) is 0 Å². The molecule has 3 rings (SSSR count). The van der Waals surface area contributed by atoms with Gasteiger partial charge >= 0.3 is 12.3 Å². The SMILES string of the molecule is CC(C)(C)OC(=O)Oc1ccc(C(C)(C)c2cccc(C(C)(C)c3ccc(OC(=O)OC(C)(C)C)cc3)c2)cc1. The maximum Gasteiger partial charge on any atom is 0.514 e. The van der Waals surface area contributed by atoms with Gasteiger partial charge in [0.05, 0.1) is 0 Å². The van der Waals surface area contributed by atoms with E-state index in [0.29, 0.717) is 11.5 Å². The first-order valence-electron chi connectivity index (χ1n) is 13.5. The summed E-state index contributed by atoms with van der Waals surface area (Å²) in [5.41, 5.74) is 2.64.